The number of hydrogen-bond donors (Lipinski definition) is 1. The average molecular weight is 495 g/mol. The zero-order valence-electron chi connectivity index (χ0n) is 21.5. The van der Waals surface area contributed by atoms with E-state index in [0.29, 0.717) is 12.8 Å². The predicted octanol–water partition coefficient (Wildman–Crippen LogP) is 3.81. The lowest BCUT2D eigenvalue weighted by atomic mass is 10.1. The van der Waals surface area contributed by atoms with E-state index in [1.54, 1.807) is 6.08 Å². The molecule has 0 unspecified atom stereocenters. The molecule has 35 heavy (non-hydrogen) atoms. The van der Waals surface area contributed by atoms with Gasteiger partial charge in [0.15, 0.2) is 12.0 Å². The fraction of sp³-hybridized carbons (Fsp3) is 0.692. The van der Waals surface area contributed by atoms with Crippen LogP contribution < -0.4 is 11.2 Å². The first kappa shape index (κ1) is 27.5. The Kier molecular flexibility index (Phi) is 9.26. The highest BCUT2D eigenvalue weighted by Gasteiger charge is 2.58. The monoisotopic (exact) mass is 494 g/mol. The largest absolute Gasteiger partial charge is 0.394 e. The van der Waals surface area contributed by atoms with Crippen molar-refractivity contribution in [1.82, 2.24) is 9.13 Å². The van der Waals surface area contributed by atoms with Crippen molar-refractivity contribution < 1.29 is 23.7 Å². The van der Waals surface area contributed by atoms with Gasteiger partial charge in [0.2, 0.25) is 5.82 Å². The molecule has 2 aliphatic rings. The average Bonchev–Trinajstić information content (AvgIpc) is 3.32. The minimum absolute atomic E-state index is 0.0483. The Hall–Kier alpha value is -2.07. The lowest BCUT2D eigenvalue weighted by Gasteiger charge is -2.31. The lowest BCUT2D eigenvalue weighted by Crippen LogP contribution is -2.44. The number of aromatic nitrogens is 2. The Labute approximate surface area is 206 Å². The third-order valence-corrected chi connectivity index (χ3v) is 6.57. The van der Waals surface area contributed by atoms with Crippen molar-refractivity contribution in [2.75, 3.05) is 6.61 Å². The minimum atomic E-state index is -1.06. The third kappa shape index (κ3) is 6.02. The molecule has 0 aromatic carbocycles. The molecule has 3 rings (SSSR count). The van der Waals surface area contributed by atoms with Gasteiger partial charge in [-0.15, -0.1) is 0 Å². The van der Waals surface area contributed by atoms with Crippen LogP contribution >= 0.6 is 0 Å². The molecule has 4 atom stereocenters. The maximum absolute atomic E-state index is 14.7. The lowest BCUT2D eigenvalue weighted by molar-refractivity contribution is -0.227. The van der Waals surface area contributed by atoms with Crippen LogP contribution in [-0.4, -0.2) is 44.9 Å². The first-order chi connectivity index (χ1) is 16.7. The van der Waals surface area contributed by atoms with Crippen molar-refractivity contribution in [2.24, 2.45) is 0 Å². The van der Waals surface area contributed by atoms with Gasteiger partial charge in [-0.25, -0.2) is 4.79 Å². The maximum Gasteiger partial charge on any atom is 0.333 e. The summed E-state index contributed by atoms with van der Waals surface area (Å²) in [7, 11) is 0. The SMILES string of the molecule is CCCC1(CCC)O[C@H]2[C@H](O1)[C@@H](CO)O[C@H]2n1cc(F)c(=O)n(C/C=C(/C)CCC=C(C)C)c1=O. The van der Waals surface area contributed by atoms with Crippen molar-refractivity contribution >= 4 is 0 Å². The van der Waals surface area contributed by atoms with Crippen molar-refractivity contribution in [3.05, 3.63) is 56.2 Å². The normalized spacial score (nSPS) is 25.6. The van der Waals surface area contributed by atoms with Gasteiger partial charge in [-0.2, -0.15) is 4.39 Å². The van der Waals surface area contributed by atoms with Crippen molar-refractivity contribution in [1.29, 1.82) is 0 Å². The fourth-order valence-electron chi connectivity index (χ4n) is 4.86. The number of fused-ring (bicyclic) bond motifs is 1. The molecule has 9 heteroatoms. The molecule has 0 aliphatic carbocycles. The minimum Gasteiger partial charge on any atom is -0.394 e. The van der Waals surface area contributed by atoms with Gasteiger partial charge in [0.05, 0.1) is 12.8 Å². The van der Waals surface area contributed by atoms with Crippen molar-refractivity contribution in [3.8, 4) is 0 Å². The molecule has 0 amide bonds. The van der Waals surface area contributed by atoms with Crippen LogP contribution in [0.2, 0.25) is 0 Å². The van der Waals surface area contributed by atoms with Crippen molar-refractivity contribution in [3.63, 3.8) is 0 Å². The number of aliphatic hydroxyl groups is 1. The molecule has 2 aliphatic heterocycles. The third-order valence-electron chi connectivity index (χ3n) is 6.57. The number of rotatable bonds is 11. The first-order valence-corrected chi connectivity index (χ1v) is 12.6. The van der Waals surface area contributed by atoms with Gasteiger partial charge in [-0.3, -0.25) is 13.9 Å². The molecule has 0 bridgehead atoms. The molecule has 3 heterocycles. The molecule has 8 nitrogen and oxygen atoms in total. The summed E-state index contributed by atoms with van der Waals surface area (Å²) in [4.78, 5) is 25.8. The van der Waals surface area contributed by atoms with Gasteiger partial charge in [0.1, 0.15) is 18.3 Å². The van der Waals surface area contributed by atoms with Gasteiger partial charge in [0.25, 0.3) is 5.56 Å². The second-order valence-electron chi connectivity index (χ2n) is 9.78. The highest BCUT2D eigenvalue weighted by atomic mass is 19.1. The Morgan fingerprint density at radius 2 is 1.77 bits per heavy atom. The Morgan fingerprint density at radius 3 is 2.37 bits per heavy atom. The molecule has 1 N–H and O–H groups in total. The number of hydrogen-bond acceptors (Lipinski definition) is 6. The number of allylic oxidation sites excluding steroid dienone is 4. The summed E-state index contributed by atoms with van der Waals surface area (Å²) in [6.45, 7) is 9.65. The van der Waals surface area contributed by atoms with E-state index >= 15 is 0 Å². The van der Waals surface area contributed by atoms with Gasteiger partial charge in [0, 0.05) is 19.4 Å². The second kappa shape index (κ2) is 11.8. The standard InChI is InChI=1S/C26H39FN2O6/c1-6-12-26(13-7-2)34-21-20(16-30)33-24(22(21)35-26)29-15-19(27)23(31)28(25(29)32)14-11-18(5)10-8-9-17(3)4/h9,11,15,20-22,24,30H,6-8,10,12-14,16H2,1-5H3/b18-11-/t20-,21-,22+,24-/m1/s1. The van der Waals surface area contributed by atoms with E-state index in [0.717, 1.165) is 46.6 Å². The molecule has 1 aromatic rings. The predicted molar refractivity (Wildman–Crippen MR) is 131 cm³/mol. The van der Waals surface area contributed by atoms with Crippen LogP contribution in [0, 0.1) is 5.82 Å². The van der Waals surface area contributed by atoms with Crippen LogP contribution in [0.15, 0.2) is 39.1 Å². The number of nitrogens with zero attached hydrogens (tertiary/aromatic N) is 2. The van der Waals surface area contributed by atoms with Crippen molar-refractivity contribution in [2.45, 2.75) is 110 Å². The number of halogens is 1. The summed E-state index contributed by atoms with van der Waals surface area (Å²) < 4.78 is 35.1. The molecule has 0 saturated carbocycles. The van der Waals surface area contributed by atoms with E-state index in [2.05, 4.69) is 6.08 Å². The van der Waals surface area contributed by atoms with Gasteiger partial charge in [-0.1, -0.05) is 50.0 Å². The Bertz CT molecular complexity index is 1050. The fourth-order valence-corrected chi connectivity index (χ4v) is 4.86. The summed E-state index contributed by atoms with van der Waals surface area (Å²) >= 11 is 0. The van der Waals surface area contributed by atoms with Crippen LogP contribution in [-0.2, 0) is 20.8 Å². The molecule has 196 valence electrons. The second-order valence-corrected chi connectivity index (χ2v) is 9.78. The van der Waals surface area contributed by atoms with E-state index in [1.165, 1.54) is 5.57 Å². The highest BCUT2D eigenvalue weighted by molar-refractivity contribution is 5.05. The van der Waals surface area contributed by atoms with Crippen LogP contribution in [0.1, 0.15) is 79.4 Å². The van der Waals surface area contributed by atoms with Gasteiger partial charge < -0.3 is 19.3 Å². The summed E-state index contributed by atoms with van der Waals surface area (Å²) in [6.07, 6.45) is 6.27. The number of ether oxygens (including phenoxy) is 3. The summed E-state index contributed by atoms with van der Waals surface area (Å²) in [5.41, 5.74) is 0.540. The van der Waals surface area contributed by atoms with Crippen LogP contribution in [0.3, 0.4) is 0 Å². The van der Waals surface area contributed by atoms with Gasteiger partial charge in [-0.05, 0) is 33.6 Å². The topological polar surface area (TPSA) is 91.9 Å². The maximum atomic E-state index is 14.7. The molecule has 0 spiro atoms. The molecule has 2 saturated heterocycles. The highest BCUT2D eigenvalue weighted by Crippen LogP contribution is 2.46. The van der Waals surface area contributed by atoms with E-state index in [4.69, 9.17) is 14.2 Å². The van der Waals surface area contributed by atoms with E-state index in [9.17, 15) is 19.1 Å². The van der Waals surface area contributed by atoms with E-state index in [-0.39, 0.29) is 13.2 Å². The summed E-state index contributed by atoms with van der Waals surface area (Å²) in [5, 5.41) is 9.89. The smallest absolute Gasteiger partial charge is 0.333 e. The molecule has 0 radical (unpaired) electrons. The van der Waals surface area contributed by atoms with Gasteiger partial charge >= 0.3 is 5.69 Å². The van der Waals surface area contributed by atoms with E-state index < -0.39 is 47.4 Å². The summed E-state index contributed by atoms with van der Waals surface area (Å²) in [5.74, 6) is -1.89. The van der Waals surface area contributed by atoms with Crippen LogP contribution in [0.5, 0.6) is 0 Å². The molecule has 1 aromatic heterocycles. The zero-order chi connectivity index (χ0) is 25.8. The quantitative estimate of drug-likeness (QED) is 0.471. The first-order valence-electron chi connectivity index (χ1n) is 12.6. The van der Waals surface area contributed by atoms with Crippen LogP contribution in [0.25, 0.3) is 0 Å². The molecule has 2 fully saturated rings. The van der Waals surface area contributed by atoms with Crippen LogP contribution in [0.4, 0.5) is 4.39 Å². The Balaban J connectivity index is 1.92. The molecular weight excluding hydrogens is 455 g/mol. The van der Waals surface area contributed by atoms with E-state index in [1.807, 2.05) is 34.6 Å². The number of aliphatic hydroxyl groups excluding tert-OH is 1. The summed E-state index contributed by atoms with van der Waals surface area (Å²) in [6, 6.07) is 0. The zero-order valence-corrected chi connectivity index (χ0v) is 21.5. The molecular formula is C26H39FN2O6. The Morgan fingerprint density at radius 1 is 1.11 bits per heavy atom.